The molecule has 0 radical (unpaired) electrons. The van der Waals surface area contributed by atoms with E-state index in [0.717, 1.165) is 24.9 Å². The molecule has 1 aromatic carbocycles. The fourth-order valence-corrected chi connectivity index (χ4v) is 2.66. The normalized spacial score (nSPS) is 15.7. The van der Waals surface area contributed by atoms with Crippen molar-refractivity contribution in [2.75, 3.05) is 5.32 Å². The highest BCUT2D eigenvalue weighted by Crippen LogP contribution is 2.22. The highest BCUT2D eigenvalue weighted by molar-refractivity contribution is 5.30. The average molecular weight is 277 g/mol. The van der Waals surface area contributed by atoms with E-state index in [1.54, 1.807) is 12.4 Å². The lowest BCUT2D eigenvalue weighted by Gasteiger charge is -2.15. The molecular formula is C15H17F2N3. The van der Waals surface area contributed by atoms with Crippen molar-refractivity contribution in [3.63, 3.8) is 0 Å². The number of imidazole rings is 1. The van der Waals surface area contributed by atoms with E-state index in [1.807, 2.05) is 4.57 Å². The molecule has 1 aliphatic carbocycles. The molecule has 106 valence electrons. The molecule has 1 fully saturated rings. The van der Waals surface area contributed by atoms with Crippen LogP contribution < -0.4 is 5.32 Å². The molecule has 5 heteroatoms. The molecule has 20 heavy (non-hydrogen) atoms. The number of anilines is 1. The van der Waals surface area contributed by atoms with E-state index < -0.39 is 11.6 Å². The summed E-state index contributed by atoms with van der Waals surface area (Å²) in [5.74, 6) is -0.327. The fraction of sp³-hybridized carbons (Fsp3) is 0.400. The van der Waals surface area contributed by atoms with Gasteiger partial charge in [-0.3, -0.25) is 0 Å². The van der Waals surface area contributed by atoms with E-state index >= 15 is 0 Å². The van der Waals surface area contributed by atoms with Gasteiger partial charge in [-0.15, -0.1) is 0 Å². The minimum absolute atomic E-state index is 0.348. The van der Waals surface area contributed by atoms with E-state index in [-0.39, 0.29) is 0 Å². The van der Waals surface area contributed by atoms with E-state index in [9.17, 15) is 8.78 Å². The number of hydrogen-bond acceptors (Lipinski definition) is 2. The van der Waals surface area contributed by atoms with Crippen molar-refractivity contribution in [1.29, 1.82) is 0 Å². The van der Waals surface area contributed by atoms with Crippen molar-refractivity contribution < 1.29 is 8.78 Å². The Balaban J connectivity index is 1.75. The molecule has 0 aliphatic heterocycles. The first-order valence-corrected chi connectivity index (χ1v) is 6.94. The number of nitrogens with zero attached hydrogens (tertiary/aromatic N) is 2. The molecule has 2 aromatic rings. The maximum atomic E-state index is 13.7. The maximum absolute atomic E-state index is 13.7. The molecule has 0 saturated heterocycles. The first-order valence-electron chi connectivity index (χ1n) is 6.94. The van der Waals surface area contributed by atoms with Crippen LogP contribution in [0.15, 0.2) is 30.6 Å². The summed E-state index contributed by atoms with van der Waals surface area (Å²) >= 11 is 0. The van der Waals surface area contributed by atoms with Gasteiger partial charge in [0.2, 0.25) is 5.95 Å². The fourth-order valence-electron chi connectivity index (χ4n) is 2.66. The second-order valence-electron chi connectivity index (χ2n) is 5.24. The highest BCUT2D eigenvalue weighted by Gasteiger charge is 2.17. The molecule has 0 spiro atoms. The third-order valence-electron chi connectivity index (χ3n) is 3.76. The van der Waals surface area contributed by atoms with Crippen molar-refractivity contribution in [2.24, 2.45) is 0 Å². The summed E-state index contributed by atoms with van der Waals surface area (Å²) in [6.45, 7) is 0.348. The summed E-state index contributed by atoms with van der Waals surface area (Å²) < 4.78 is 28.4. The third-order valence-corrected chi connectivity index (χ3v) is 3.76. The summed E-state index contributed by atoms with van der Waals surface area (Å²) in [6.07, 6.45) is 8.28. The van der Waals surface area contributed by atoms with Crippen LogP contribution in [0.5, 0.6) is 0 Å². The zero-order chi connectivity index (χ0) is 13.9. The summed E-state index contributed by atoms with van der Waals surface area (Å²) in [5.41, 5.74) is 0.457. The van der Waals surface area contributed by atoms with Gasteiger partial charge in [-0.25, -0.2) is 13.8 Å². The minimum atomic E-state index is -0.554. The summed E-state index contributed by atoms with van der Waals surface area (Å²) in [6, 6.07) is 4.12. The predicted octanol–water partition coefficient (Wildman–Crippen LogP) is 3.56. The van der Waals surface area contributed by atoms with Crippen molar-refractivity contribution in [1.82, 2.24) is 9.55 Å². The van der Waals surface area contributed by atoms with Crippen molar-refractivity contribution in [3.8, 4) is 0 Å². The van der Waals surface area contributed by atoms with Crippen molar-refractivity contribution >= 4 is 5.95 Å². The largest absolute Gasteiger partial charge is 0.353 e. The molecular weight excluding hydrogens is 260 g/mol. The SMILES string of the molecule is Fc1ccc(Cn2ccnc2NC2CCCC2)c(F)c1. The average Bonchev–Trinajstić information content (AvgIpc) is 3.06. The molecule has 0 bridgehead atoms. The van der Waals surface area contributed by atoms with Gasteiger partial charge >= 0.3 is 0 Å². The van der Waals surface area contributed by atoms with Gasteiger partial charge in [0.15, 0.2) is 0 Å². The zero-order valence-corrected chi connectivity index (χ0v) is 11.1. The first-order chi connectivity index (χ1) is 9.72. The molecule has 3 nitrogen and oxygen atoms in total. The van der Waals surface area contributed by atoms with E-state index in [2.05, 4.69) is 10.3 Å². The molecule has 1 heterocycles. The van der Waals surface area contributed by atoms with Crippen molar-refractivity contribution in [2.45, 2.75) is 38.3 Å². The summed E-state index contributed by atoms with van der Waals surface area (Å²) in [4.78, 5) is 4.28. The Morgan fingerprint density at radius 3 is 2.80 bits per heavy atom. The lowest BCUT2D eigenvalue weighted by molar-refractivity contribution is 0.566. The van der Waals surface area contributed by atoms with Crippen LogP contribution in [0.3, 0.4) is 0 Å². The Bertz CT molecular complexity index is 589. The van der Waals surface area contributed by atoms with E-state index in [4.69, 9.17) is 0 Å². The third kappa shape index (κ3) is 2.81. The van der Waals surface area contributed by atoms with E-state index in [0.29, 0.717) is 18.2 Å². The Morgan fingerprint density at radius 2 is 2.05 bits per heavy atom. The minimum Gasteiger partial charge on any atom is -0.353 e. The zero-order valence-electron chi connectivity index (χ0n) is 11.1. The standard InChI is InChI=1S/C15H17F2N3/c16-12-6-5-11(14(17)9-12)10-20-8-7-18-15(20)19-13-3-1-2-4-13/h5-9,13H,1-4,10H2,(H,18,19). The molecule has 0 atom stereocenters. The Kier molecular flexibility index (Phi) is 3.67. The highest BCUT2D eigenvalue weighted by atomic mass is 19.1. The van der Waals surface area contributed by atoms with Gasteiger partial charge in [-0.1, -0.05) is 18.9 Å². The van der Waals surface area contributed by atoms with Crippen LogP contribution in [0.25, 0.3) is 0 Å². The van der Waals surface area contributed by atoms with Crippen LogP contribution in [-0.2, 0) is 6.54 Å². The molecule has 0 unspecified atom stereocenters. The van der Waals surface area contributed by atoms with Gasteiger partial charge in [0.1, 0.15) is 11.6 Å². The lowest BCUT2D eigenvalue weighted by atomic mass is 10.2. The second kappa shape index (κ2) is 5.61. The Labute approximate surface area is 116 Å². The molecule has 3 rings (SSSR count). The predicted molar refractivity (Wildman–Crippen MR) is 73.6 cm³/mol. The van der Waals surface area contributed by atoms with Crippen LogP contribution in [0.2, 0.25) is 0 Å². The number of nitrogens with one attached hydrogen (secondary N) is 1. The number of aromatic nitrogens is 2. The first kappa shape index (κ1) is 13.1. The Morgan fingerprint density at radius 1 is 1.25 bits per heavy atom. The summed E-state index contributed by atoms with van der Waals surface area (Å²) in [7, 11) is 0. The van der Waals surface area contributed by atoms with Crippen LogP contribution >= 0.6 is 0 Å². The van der Waals surface area contributed by atoms with Crippen LogP contribution in [0.4, 0.5) is 14.7 Å². The van der Waals surface area contributed by atoms with E-state index in [1.165, 1.54) is 25.0 Å². The molecule has 1 saturated carbocycles. The van der Waals surface area contributed by atoms with Crippen LogP contribution in [0.1, 0.15) is 31.2 Å². The number of hydrogen-bond donors (Lipinski definition) is 1. The topological polar surface area (TPSA) is 29.9 Å². The van der Waals surface area contributed by atoms with Crippen LogP contribution in [-0.4, -0.2) is 15.6 Å². The molecule has 1 aromatic heterocycles. The second-order valence-corrected chi connectivity index (χ2v) is 5.24. The smallest absolute Gasteiger partial charge is 0.203 e. The van der Waals surface area contributed by atoms with Gasteiger partial charge < -0.3 is 9.88 Å². The molecule has 1 N–H and O–H groups in total. The van der Waals surface area contributed by atoms with Gasteiger partial charge in [0, 0.05) is 30.1 Å². The Hall–Kier alpha value is -1.91. The maximum Gasteiger partial charge on any atom is 0.203 e. The lowest BCUT2D eigenvalue weighted by Crippen LogP contribution is -2.18. The number of benzene rings is 1. The number of halogens is 2. The van der Waals surface area contributed by atoms with Gasteiger partial charge in [-0.05, 0) is 18.9 Å². The monoisotopic (exact) mass is 277 g/mol. The van der Waals surface area contributed by atoms with Gasteiger partial charge in [0.05, 0.1) is 6.54 Å². The van der Waals surface area contributed by atoms with Gasteiger partial charge in [-0.2, -0.15) is 0 Å². The quantitative estimate of drug-likeness (QED) is 0.926. The number of rotatable bonds is 4. The molecule has 1 aliphatic rings. The van der Waals surface area contributed by atoms with Gasteiger partial charge in [0.25, 0.3) is 0 Å². The van der Waals surface area contributed by atoms with Crippen molar-refractivity contribution in [3.05, 3.63) is 47.8 Å². The van der Waals surface area contributed by atoms with Crippen LogP contribution in [0, 0.1) is 11.6 Å². The molecule has 0 amide bonds. The summed E-state index contributed by atoms with van der Waals surface area (Å²) in [5, 5.41) is 3.40.